The summed E-state index contributed by atoms with van der Waals surface area (Å²) in [6.45, 7) is 6.97. The second-order valence-electron chi connectivity index (χ2n) is 6.16. The Kier molecular flexibility index (Phi) is 7.79. The van der Waals surface area contributed by atoms with Gasteiger partial charge in [0.25, 0.3) is 0 Å². The van der Waals surface area contributed by atoms with Crippen LogP contribution in [0.3, 0.4) is 0 Å². The van der Waals surface area contributed by atoms with E-state index in [1.165, 1.54) is 4.90 Å². The quantitative estimate of drug-likeness (QED) is 0.255. The standard InChI is InChI=1S/C21H26N2OS2/c1-6-23(4)14-22-20-12-15(2)19(11-16(20)3)21(24)13-26-18-9-7-17(25-5)8-10-18/h7-12,14H,6,13H2,1-5H3. The van der Waals surface area contributed by atoms with E-state index in [0.717, 1.165) is 33.8 Å². The molecule has 2 aromatic rings. The van der Waals surface area contributed by atoms with Crippen LogP contribution in [0.4, 0.5) is 5.69 Å². The van der Waals surface area contributed by atoms with Gasteiger partial charge < -0.3 is 4.90 Å². The number of rotatable bonds is 8. The highest BCUT2D eigenvalue weighted by atomic mass is 32.2. The summed E-state index contributed by atoms with van der Waals surface area (Å²) in [6, 6.07) is 12.3. The number of carbonyl (C=O) groups excluding carboxylic acids is 1. The predicted molar refractivity (Wildman–Crippen MR) is 116 cm³/mol. The van der Waals surface area contributed by atoms with Gasteiger partial charge in [0, 0.05) is 28.9 Å². The number of carbonyl (C=O) groups is 1. The van der Waals surface area contributed by atoms with Gasteiger partial charge in [0.05, 0.1) is 17.8 Å². The molecule has 3 nitrogen and oxygen atoms in total. The van der Waals surface area contributed by atoms with E-state index in [1.54, 1.807) is 23.5 Å². The predicted octanol–water partition coefficient (Wildman–Crippen LogP) is 5.61. The summed E-state index contributed by atoms with van der Waals surface area (Å²) in [4.78, 5) is 21.6. The second-order valence-corrected chi connectivity index (χ2v) is 8.09. The molecule has 138 valence electrons. The fourth-order valence-corrected chi connectivity index (χ4v) is 3.57. The number of aliphatic imine (C=N–C) groups is 1. The maximum absolute atomic E-state index is 12.7. The molecule has 0 fully saturated rings. The number of Topliss-reactive ketones (excluding diaryl/α,β-unsaturated/α-hetero) is 1. The molecule has 26 heavy (non-hydrogen) atoms. The third kappa shape index (κ3) is 5.64. The fourth-order valence-electron chi connectivity index (χ4n) is 2.38. The van der Waals surface area contributed by atoms with Crippen LogP contribution >= 0.6 is 23.5 Å². The summed E-state index contributed by atoms with van der Waals surface area (Å²) in [6.07, 6.45) is 3.89. The molecular weight excluding hydrogens is 360 g/mol. The average molecular weight is 387 g/mol. The highest BCUT2D eigenvalue weighted by molar-refractivity contribution is 8.00. The largest absolute Gasteiger partial charge is 0.366 e. The van der Waals surface area contributed by atoms with E-state index in [9.17, 15) is 4.79 Å². The lowest BCUT2D eigenvalue weighted by molar-refractivity contribution is 0.102. The van der Waals surface area contributed by atoms with Crippen molar-refractivity contribution >= 4 is 41.3 Å². The van der Waals surface area contributed by atoms with E-state index in [4.69, 9.17) is 0 Å². The molecule has 0 aliphatic heterocycles. The van der Waals surface area contributed by atoms with Crippen LogP contribution in [-0.2, 0) is 0 Å². The van der Waals surface area contributed by atoms with Gasteiger partial charge in [0.15, 0.2) is 5.78 Å². The zero-order chi connectivity index (χ0) is 19.1. The summed E-state index contributed by atoms with van der Waals surface area (Å²) in [7, 11) is 1.99. The van der Waals surface area contributed by atoms with Gasteiger partial charge in [-0.1, -0.05) is 0 Å². The van der Waals surface area contributed by atoms with Crippen LogP contribution in [0.2, 0.25) is 0 Å². The summed E-state index contributed by atoms with van der Waals surface area (Å²) in [5.74, 6) is 0.603. The molecule has 0 amide bonds. The molecule has 2 rings (SSSR count). The van der Waals surface area contributed by atoms with Crippen LogP contribution in [0.5, 0.6) is 0 Å². The molecule has 0 aliphatic rings. The number of hydrogen-bond donors (Lipinski definition) is 0. The number of thioether (sulfide) groups is 2. The Morgan fingerprint density at radius 1 is 1.12 bits per heavy atom. The first kappa shape index (κ1) is 20.6. The molecule has 0 unspecified atom stereocenters. The summed E-state index contributed by atoms with van der Waals surface area (Å²) in [5, 5.41) is 0. The van der Waals surface area contributed by atoms with Crippen LogP contribution in [0.25, 0.3) is 0 Å². The second kappa shape index (κ2) is 9.83. The van der Waals surface area contributed by atoms with Crippen molar-refractivity contribution in [2.45, 2.75) is 30.6 Å². The molecule has 0 saturated carbocycles. The lowest BCUT2D eigenvalue weighted by Crippen LogP contribution is -2.14. The smallest absolute Gasteiger partial charge is 0.173 e. The normalized spacial score (nSPS) is 11.1. The number of ketones is 1. The SMILES string of the molecule is CCN(C)C=Nc1cc(C)c(C(=O)CSc2ccc(SC)cc2)cc1C. The molecule has 0 atom stereocenters. The van der Waals surface area contributed by atoms with Crippen molar-refractivity contribution < 1.29 is 4.79 Å². The van der Waals surface area contributed by atoms with Crippen molar-refractivity contribution in [3.63, 3.8) is 0 Å². The maximum atomic E-state index is 12.7. The van der Waals surface area contributed by atoms with Gasteiger partial charge in [-0.3, -0.25) is 4.79 Å². The molecule has 5 heteroatoms. The molecule has 0 heterocycles. The Hall–Kier alpha value is -1.72. The molecule has 0 aliphatic carbocycles. The summed E-state index contributed by atoms with van der Waals surface area (Å²) in [5.41, 5.74) is 3.71. The van der Waals surface area contributed by atoms with E-state index in [2.05, 4.69) is 42.4 Å². The first-order valence-electron chi connectivity index (χ1n) is 8.60. The van der Waals surface area contributed by atoms with E-state index >= 15 is 0 Å². The van der Waals surface area contributed by atoms with Gasteiger partial charge in [0.2, 0.25) is 0 Å². The first-order chi connectivity index (χ1) is 12.4. The molecule has 0 N–H and O–H groups in total. The monoisotopic (exact) mass is 386 g/mol. The van der Waals surface area contributed by atoms with Crippen molar-refractivity contribution in [3.05, 3.63) is 53.1 Å². The molecular formula is C21H26N2OS2. The Morgan fingerprint density at radius 3 is 2.38 bits per heavy atom. The number of nitrogens with zero attached hydrogens (tertiary/aromatic N) is 2. The van der Waals surface area contributed by atoms with Gasteiger partial charge in [-0.25, -0.2) is 4.99 Å². The van der Waals surface area contributed by atoms with E-state index in [-0.39, 0.29) is 5.78 Å². The van der Waals surface area contributed by atoms with Crippen LogP contribution in [0, 0.1) is 13.8 Å². The topological polar surface area (TPSA) is 32.7 Å². The van der Waals surface area contributed by atoms with E-state index < -0.39 is 0 Å². The molecule has 0 spiro atoms. The Labute approximate surface area is 165 Å². The summed E-state index contributed by atoms with van der Waals surface area (Å²) >= 11 is 3.30. The van der Waals surface area contributed by atoms with Crippen molar-refractivity contribution in [2.24, 2.45) is 4.99 Å². The fraction of sp³-hybridized carbons (Fsp3) is 0.333. The number of hydrogen-bond acceptors (Lipinski definition) is 4. The molecule has 0 saturated heterocycles. The molecule has 0 aromatic heterocycles. The van der Waals surface area contributed by atoms with Gasteiger partial charge in [-0.15, -0.1) is 23.5 Å². The number of benzene rings is 2. The maximum Gasteiger partial charge on any atom is 0.173 e. The third-order valence-corrected chi connectivity index (χ3v) is 5.92. The molecule has 2 aromatic carbocycles. The van der Waals surface area contributed by atoms with Crippen molar-refractivity contribution in [1.29, 1.82) is 0 Å². The van der Waals surface area contributed by atoms with Crippen LogP contribution < -0.4 is 0 Å². The van der Waals surface area contributed by atoms with Gasteiger partial charge >= 0.3 is 0 Å². The zero-order valence-corrected chi connectivity index (χ0v) is 17.7. The van der Waals surface area contributed by atoms with Crippen LogP contribution in [0.15, 0.2) is 51.2 Å². The zero-order valence-electron chi connectivity index (χ0n) is 16.1. The lowest BCUT2D eigenvalue weighted by atomic mass is 10.0. The van der Waals surface area contributed by atoms with E-state index in [0.29, 0.717) is 5.75 Å². The minimum atomic E-state index is 0.158. The third-order valence-electron chi connectivity index (χ3n) is 4.17. The van der Waals surface area contributed by atoms with Gasteiger partial charge in [0.1, 0.15) is 0 Å². The Balaban J connectivity index is 2.08. The van der Waals surface area contributed by atoms with Crippen molar-refractivity contribution in [2.75, 3.05) is 25.6 Å². The van der Waals surface area contributed by atoms with Gasteiger partial charge in [-0.2, -0.15) is 0 Å². The van der Waals surface area contributed by atoms with Crippen molar-refractivity contribution in [3.8, 4) is 0 Å². The van der Waals surface area contributed by atoms with Crippen molar-refractivity contribution in [1.82, 2.24) is 4.90 Å². The van der Waals surface area contributed by atoms with Crippen LogP contribution in [-0.4, -0.2) is 42.6 Å². The highest BCUT2D eigenvalue weighted by Crippen LogP contribution is 2.26. The number of aryl methyl sites for hydroxylation is 2. The van der Waals surface area contributed by atoms with Crippen LogP contribution in [0.1, 0.15) is 28.4 Å². The highest BCUT2D eigenvalue weighted by Gasteiger charge is 2.12. The minimum absolute atomic E-state index is 0.158. The Morgan fingerprint density at radius 2 is 1.77 bits per heavy atom. The average Bonchev–Trinajstić information content (AvgIpc) is 2.66. The Bertz CT molecular complexity index is 785. The first-order valence-corrected chi connectivity index (χ1v) is 10.8. The lowest BCUT2D eigenvalue weighted by Gasteiger charge is -2.11. The molecule has 0 radical (unpaired) electrons. The molecule has 0 bridgehead atoms. The summed E-state index contributed by atoms with van der Waals surface area (Å²) < 4.78 is 0. The van der Waals surface area contributed by atoms with E-state index in [1.807, 2.05) is 44.3 Å². The minimum Gasteiger partial charge on any atom is -0.366 e. The van der Waals surface area contributed by atoms with Gasteiger partial charge in [-0.05, 0) is 74.6 Å².